The zero-order valence-corrected chi connectivity index (χ0v) is 17.8. The summed E-state index contributed by atoms with van der Waals surface area (Å²) in [7, 11) is 3.52. The van der Waals surface area contributed by atoms with E-state index in [1.807, 2.05) is 62.5 Å². The molecule has 0 aliphatic heterocycles. The number of rotatable bonds is 8. The summed E-state index contributed by atoms with van der Waals surface area (Å²) in [4.78, 5) is 12.8. The molecule has 1 aromatic heterocycles. The third-order valence-electron chi connectivity index (χ3n) is 4.49. The van der Waals surface area contributed by atoms with Gasteiger partial charge in [0.15, 0.2) is 0 Å². The number of nitrogens with zero attached hydrogens (tertiary/aromatic N) is 2. The van der Waals surface area contributed by atoms with Gasteiger partial charge in [-0.2, -0.15) is 5.10 Å². The van der Waals surface area contributed by atoms with Crippen molar-refractivity contribution in [1.82, 2.24) is 20.4 Å². The van der Waals surface area contributed by atoms with Gasteiger partial charge in [-0.15, -0.1) is 12.4 Å². The summed E-state index contributed by atoms with van der Waals surface area (Å²) < 4.78 is 7.08. The quantitative estimate of drug-likeness (QED) is 0.552. The summed E-state index contributed by atoms with van der Waals surface area (Å²) >= 11 is 0. The fraction of sp³-hybridized carbons (Fsp3) is 0.273. The molecule has 1 heterocycles. The molecule has 6 nitrogen and oxygen atoms in total. The van der Waals surface area contributed by atoms with E-state index in [9.17, 15) is 4.79 Å². The zero-order valence-electron chi connectivity index (χ0n) is 16.9. The highest BCUT2D eigenvalue weighted by molar-refractivity contribution is 6.00. The fourth-order valence-corrected chi connectivity index (χ4v) is 2.92. The maximum Gasteiger partial charge on any atom is 0.255 e. The third kappa shape index (κ3) is 5.59. The number of carbonyl (C=O) groups excluding carboxylic acids is 1. The van der Waals surface area contributed by atoms with Crippen molar-refractivity contribution >= 4 is 18.3 Å². The van der Waals surface area contributed by atoms with Crippen LogP contribution in [-0.4, -0.2) is 42.9 Å². The summed E-state index contributed by atoms with van der Waals surface area (Å²) in [6, 6.07) is 15.6. The van der Waals surface area contributed by atoms with Gasteiger partial charge >= 0.3 is 0 Å². The zero-order chi connectivity index (χ0) is 19.9. The van der Waals surface area contributed by atoms with E-state index < -0.39 is 0 Å². The second kappa shape index (κ2) is 10.6. The normalized spacial score (nSPS) is 10.3. The average molecular weight is 415 g/mol. The van der Waals surface area contributed by atoms with Crippen LogP contribution in [0, 0.1) is 6.92 Å². The second-order valence-electron chi connectivity index (χ2n) is 6.62. The van der Waals surface area contributed by atoms with Crippen LogP contribution in [0.1, 0.15) is 22.3 Å². The number of aromatic nitrogens is 2. The molecule has 7 heteroatoms. The summed E-state index contributed by atoms with van der Waals surface area (Å²) in [5, 5.41) is 10.8. The SMILES string of the molecule is CNCCCNC(=O)c1cn(-c2ccc(C)cc2)nc1-c1cccc(OC)c1.Cl. The van der Waals surface area contributed by atoms with E-state index in [4.69, 9.17) is 9.84 Å². The summed E-state index contributed by atoms with van der Waals surface area (Å²) in [6.07, 6.45) is 2.65. The van der Waals surface area contributed by atoms with Gasteiger partial charge in [-0.3, -0.25) is 4.79 Å². The minimum atomic E-state index is -0.132. The molecule has 0 spiro atoms. The average Bonchev–Trinajstić information content (AvgIpc) is 3.17. The monoisotopic (exact) mass is 414 g/mol. The maximum absolute atomic E-state index is 12.8. The van der Waals surface area contributed by atoms with Crippen LogP contribution in [0.3, 0.4) is 0 Å². The molecule has 0 fully saturated rings. The summed E-state index contributed by atoms with van der Waals surface area (Å²) in [5.41, 5.74) is 4.09. The minimum absolute atomic E-state index is 0. The highest BCUT2D eigenvalue weighted by Crippen LogP contribution is 2.27. The lowest BCUT2D eigenvalue weighted by atomic mass is 10.1. The van der Waals surface area contributed by atoms with Crippen LogP contribution in [0.4, 0.5) is 0 Å². The predicted molar refractivity (Wildman–Crippen MR) is 118 cm³/mol. The van der Waals surface area contributed by atoms with Crippen LogP contribution >= 0.6 is 12.4 Å². The Kier molecular flexibility index (Phi) is 8.24. The van der Waals surface area contributed by atoms with Gasteiger partial charge in [0.05, 0.1) is 18.4 Å². The molecule has 0 atom stereocenters. The fourth-order valence-electron chi connectivity index (χ4n) is 2.92. The molecule has 29 heavy (non-hydrogen) atoms. The van der Waals surface area contributed by atoms with Crippen molar-refractivity contribution < 1.29 is 9.53 Å². The number of benzene rings is 2. The second-order valence-corrected chi connectivity index (χ2v) is 6.62. The lowest BCUT2D eigenvalue weighted by Crippen LogP contribution is -2.26. The van der Waals surface area contributed by atoms with Gasteiger partial charge in [0.25, 0.3) is 5.91 Å². The Morgan fingerprint density at radius 2 is 1.90 bits per heavy atom. The highest BCUT2D eigenvalue weighted by atomic mass is 35.5. The standard InChI is InChI=1S/C22H26N4O2.ClH/c1-16-8-10-18(11-9-16)26-15-20(22(27)24-13-5-12-23-2)21(25-26)17-6-4-7-19(14-17)28-3;/h4,6-11,14-15,23H,5,12-13H2,1-3H3,(H,24,27);1H. The van der Waals surface area contributed by atoms with Crippen LogP contribution in [-0.2, 0) is 0 Å². The Labute approximate surface area is 177 Å². The van der Waals surface area contributed by atoms with Crippen LogP contribution in [0.2, 0.25) is 0 Å². The van der Waals surface area contributed by atoms with Gasteiger partial charge in [0, 0.05) is 18.3 Å². The van der Waals surface area contributed by atoms with Gasteiger partial charge in [-0.25, -0.2) is 4.68 Å². The van der Waals surface area contributed by atoms with Crippen molar-refractivity contribution in [2.45, 2.75) is 13.3 Å². The van der Waals surface area contributed by atoms with E-state index in [0.29, 0.717) is 17.8 Å². The van der Waals surface area contributed by atoms with Gasteiger partial charge in [0.2, 0.25) is 0 Å². The smallest absolute Gasteiger partial charge is 0.255 e. The number of amides is 1. The Morgan fingerprint density at radius 1 is 1.14 bits per heavy atom. The molecular formula is C22H27ClN4O2. The molecule has 3 aromatic rings. The molecule has 0 unspecified atom stereocenters. The van der Waals surface area contributed by atoms with Gasteiger partial charge in [-0.05, 0) is 51.2 Å². The molecule has 0 radical (unpaired) electrons. The largest absolute Gasteiger partial charge is 0.497 e. The first-order chi connectivity index (χ1) is 13.6. The van der Waals surface area contributed by atoms with Crippen molar-refractivity contribution in [1.29, 1.82) is 0 Å². The number of nitrogens with one attached hydrogen (secondary N) is 2. The summed E-state index contributed by atoms with van der Waals surface area (Å²) in [6.45, 7) is 3.50. The topological polar surface area (TPSA) is 68.2 Å². The molecule has 0 saturated heterocycles. The van der Waals surface area contributed by atoms with Crippen LogP contribution in [0.5, 0.6) is 5.75 Å². The highest BCUT2D eigenvalue weighted by Gasteiger charge is 2.19. The molecule has 1 amide bonds. The number of halogens is 1. The van der Waals surface area contributed by atoms with E-state index in [0.717, 1.165) is 30.0 Å². The van der Waals surface area contributed by atoms with Gasteiger partial charge < -0.3 is 15.4 Å². The van der Waals surface area contributed by atoms with Gasteiger partial charge in [0.1, 0.15) is 11.4 Å². The number of aryl methyl sites for hydroxylation is 1. The first-order valence-electron chi connectivity index (χ1n) is 9.36. The van der Waals surface area contributed by atoms with Crippen molar-refractivity contribution in [2.75, 3.05) is 27.2 Å². The van der Waals surface area contributed by atoms with Crippen molar-refractivity contribution in [3.05, 3.63) is 65.9 Å². The molecule has 154 valence electrons. The Hall–Kier alpha value is -2.83. The Morgan fingerprint density at radius 3 is 2.59 bits per heavy atom. The Balaban J connectivity index is 0.00000300. The van der Waals surface area contributed by atoms with Crippen molar-refractivity contribution in [2.24, 2.45) is 0 Å². The molecule has 2 N–H and O–H groups in total. The number of methoxy groups -OCH3 is 1. The van der Waals surface area contributed by atoms with Gasteiger partial charge in [-0.1, -0.05) is 29.8 Å². The molecule has 0 aliphatic carbocycles. The lowest BCUT2D eigenvalue weighted by Gasteiger charge is -2.06. The predicted octanol–water partition coefficient (Wildman–Crippen LogP) is 3.62. The van der Waals surface area contributed by atoms with E-state index >= 15 is 0 Å². The minimum Gasteiger partial charge on any atom is -0.497 e. The molecule has 0 aliphatic rings. The third-order valence-corrected chi connectivity index (χ3v) is 4.49. The molecular weight excluding hydrogens is 388 g/mol. The number of hydrogen-bond acceptors (Lipinski definition) is 4. The molecule has 3 rings (SSSR count). The number of carbonyl (C=O) groups is 1. The first kappa shape index (κ1) is 22.5. The van der Waals surface area contributed by atoms with E-state index in [-0.39, 0.29) is 18.3 Å². The molecule has 2 aromatic carbocycles. The van der Waals surface area contributed by atoms with Crippen molar-refractivity contribution in [3.63, 3.8) is 0 Å². The first-order valence-corrected chi connectivity index (χ1v) is 9.36. The number of hydrogen-bond donors (Lipinski definition) is 2. The van der Waals surface area contributed by atoms with E-state index in [2.05, 4.69) is 10.6 Å². The molecule has 0 saturated carbocycles. The van der Waals surface area contributed by atoms with Crippen molar-refractivity contribution in [3.8, 4) is 22.7 Å². The van der Waals surface area contributed by atoms with Crippen LogP contribution in [0.25, 0.3) is 16.9 Å². The van der Waals surface area contributed by atoms with E-state index in [1.54, 1.807) is 18.0 Å². The van der Waals surface area contributed by atoms with Crippen LogP contribution < -0.4 is 15.4 Å². The Bertz CT molecular complexity index is 938. The number of ether oxygens (including phenoxy) is 1. The van der Waals surface area contributed by atoms with E-state index in [1.165, 1.54) is 5.56 Å². The maximum atomic E-state index is 12.8. The molecule has 0 bridgehead atoms. The summed E-state index contributed by atoms with van der Waals surface area (Å²) in [5.74, 6) is 0.593. The lowest BCUT2D eigenvalue weighted by molar-refractivity contribution is 0.0954. The van der Waals surface area contributed by atoms with Crippen LogP contribution in [0.15, 0.2) is 54.7 Å².